The second-order valence-corrected chi connectivity index (χ2v) is 10.3. The molecule has 0 fully saturated rings. The third-order valence-corrected chi connectivity index (χ3v) is 6.91. The number of carbonyl (C=O) groups excluding carboxylic acids is 1. The largest absolute Gasteiger partial charge is 0.328 e. The molecule has 0 saturated heterocycles. The summed E-state index contributed by atoms with van der Waals surface area (Å²) in [6, 6.07) is 14.6. The summed E-state index contributed by atoms with van der Waals surface area (Å²) in [5, 5.41) is 8.68. The van der Waals surface area contributed by atoms with Gasteiger partial charge in [0, 0.05) is 23.4 Å². The predicted molar refractivity (Wildman–Crippen MR) is 124 cm³/mol. The van der Waals surface area contributed by atoms with E-state index in [0.717, 1.165) is 28.8 Å². The zero-order valence-electron chi connectivity index (χ0n) is 18.4. The van der Waals surface area contributed by atoms with Gasteiger partial charge in [0.2, 0.25) is 11.1 Å². The van der Waals surface area contributed by atoms with Crippen LogP contribution in [0.15, 0.2) is 65.0 Å². The number of ketones is 1. The quantitative estimate of drug-likeness (QED) is 0.521. The van der Waals surface area contributed by atoms with Gasteiger partial charge in [0.25, 0.3) is 0 Å². The van der Waals surface area contributed by atoms with Crippen LogP contribution < -0.4 is 5.32 Å². The van der Waals surface area contributed by atoms with Crippen molar-refractivity contribution in [2.24, 2.45) is 5.41 Å². The molecule has 3 aromatic rings. The summed E-state index contributed by atoms with van der Waals surface area (Å²) in [6.07, 6.45) is 1.29. The molecule has 2 aromatic carbocycles. The van der Waals surface area contributed by atoms with Gasteiger partial charge in [-0.2, -0.15) is 4.98 Å². The van der Waals surface area contributed by atoms with Crippen molar-refractivity contribution in [3.63, 3.8) is 0 Å². The van der Waals surface area contributed by atoms with Gasteiger partial charge in [-0.3, -0.25) is 4.79 Å². The Balaban J connectivity index is 1.53. The minimum atomic E-state index is -0.319. The summed E-state index contributed by atoms with van der Waals surface area (Å²) in [4.78, 5) is 17.9. The molecule has 2 heterocycles. The molecule has 0 spiro atoms. The van der Waals surface area contributed by atoms with Crippen molar-refractivity contribution in [3.05, 3.63) is 82.3 Å². The van der Waals surface area contributed by atoms with E-state index in [4.69, 9.17) is 5.10 Å². The second-order valence-electron chi connectivity index (χ2n) is 9.31. The molecule has 0 unspecified atom stereocenters. The number of halogens is 1. The fourth-order valence-electron chi connectivity index (χ4n) is 4.47. The third-order valence-electron chi connectivity index (χ3n) is 6.02. The van der Waals surface area contributed by atoms with E-state index in [0.29, 0.717) is 28.8 Å². The molecule has 5 rings (SSSR count). The fraction of sp³-hybridized carbons (Fsp3) is 0.320. The lowest BCUT2D eigenvalue weighted by Gasteiger charge is -2.38. The monoisotopic (exact) mass is 448 g/mol. The Morgan fingerprint density at radius 1 is 1.16 bits per heavy atom. The van der Waals surface area contributed by atoms with E-state index in [1.807, 2.05) is 17.7 Å². The summed E-state index contributed by atoms with van der Waals surface area (Å²) in [7, 11) is 0. The van der Waals surface area contributed by atoms with Crippen molar-refractivity contribution in [2.45, 2.75) is 50.6 Å². The zero-order valence-corrected chi connectivity index (χ0v) is 19.2. The number of rotatable bonds is 4. The van der Waals surface area contributed by atoms with Gasteiger partial charge < -0.3 is 5.32 Å². The van der Waals surface area contributed by atoms with Crippen molar-refractivity contribution < 1.29 is 9.18 Å². The first-order valence-corrected chi connectivity index (χ1v) is 11.7. The highest BCUT2D eigenvalue weighted by atomic mass is 32.2. The SMILES string of the molecule is Cc1ccc([C@H]2C3=C(CC(C)(C)CC3=O)Nc3nc(SCc4ccccc4F)nn32)cc1. The van der Waals surface area contributed by atoms with Gasteiger partial charge in [0.1, 0.15) is 11.9 Å². The molecule has 32 heavy (non-hydrogen) atoms. The van der Waals surface area contributed by atoms with E-state index in [2.05, 4.69) is 48.4 Å². The molecule has 1 N–H and O–H groups in total. The van der Waals surface area contributed by atoms with Crippen molar-refractivity contribution in [1.29, 1.82) is 0 Å². The average molecular weight is 449 g/mol. The first-order chi connectivity index (χ1) is 15.3. The van der Waals surface area contributed by atoms with E-state index in [1.54, 1.807) is 12.1 Å². The lowest BCUT2D eigenvalue weighted by Crippen LogP contribution is -2.36. The Bertz CT molecular complexity index is 1230. The molecule has 1 aromatic heterocycles. The molecule has 0 saturated carbocycles. The third kappa shape index (κ3) is 3.86. The van der Waals surface area contributed by atoms with Gasteiger partial charge in [-0.05, 0) is 36.0 Å². The molecule has 0 amide bonds. The van der Waals surface area contributed by atoms with Crippen LogP contribution in [-0.4, -0.2) is 20.5 Å². The number of benzene rings is 2. The number of Topliss-reactive ketones (excluding diaryl/α,β-unsaturated/α-hetero) is 1. The summed E-state index contributed by atoms with van der Waals surface area (Å²) in [6.45, 7) is 6.28. The van der Waals surface area contributed by atoms with Crippen LogP contribution in [-0.2, 0) is 10.5 Å². The number of hydrogen-bond acceptors (Lipinski definition) is 5. The molecule has 1 aliphatic heterocycles. The number of carbonyl (C=O) groups is 1. The van der Waals surface area contributed by atoms with Gasteiger partial charge >= 0.3 is 0 Å². The van der Waals surface area contributed by atoms with Crippen LogP contribution in [0.5, 0.6) is 0 Å². The Morgan fingerprint density at radius 2 is 1.91 bits per heavy atom. The second kappa shape index (κ2) is 7.89. The normalized spacial score (nSPS) is 19.4. The maximum Gasteiger partial charge on any atom is 0.227 e. The molecule has 7 heteroatoms. The van der Waals surface area contributed by atoms with Gasteiger partial charge in [0.15, 0.2) is 5.78 Å². The van der Waals surface area contributed by atoms with Crippen LogP contribution in [0.3, 0.4) is 0 Å². The van der Waals surface area contributed by atoms with Crippen LogP contribution >= 0.6 is 11.8 Å². The van der Waals surface area contributed by atoms with Gasteiger partial charge in [0.05, 0.1) is 0 Å². The topological polar surface area (TPSA) is 59.8 Å². The van der Waals surface area contributed by atoms with E-state index in [9.17, 15) is 9.18 Å². The predicted octanol–water partition coefficient (Wildman–Crippen LogP) is 5.68. The molecular formula is C25H25FN4OS. The molecular weight excluding hydrogens is 423 g/mol. The van der Waals surface area contributed by atoms with Crippen molar-refractivity contribution in [3.8, 4) is 0 Å². The van der Waals surface area contributed by atoms with Crippen LogP contribution in [0.2, 0.25) is 0 Å². The number of anilines is 1. The van der Waals surface area contributed by atoms with E-state index in [-0.39, 0.29) is 23.1 Å². The summed E-state index contributed by atoms with van der Waals surface area (Å²) in [5.41, 5.74) is 4.38. The Morgan fingerprint density at radius 3 is 2.66 bits per heavy atom. The number of aromatic nitrogens is 3. The molecule has 0 radical (unpaired) electrons. The van der Waals surface area contributed by atoms with Crippen molar-refractivity contribution in [2.75, 3.05) is 5.32 Å². The zero-order chi connectivity index (χ0) is 22.5. The maximum atomic E-state index is 14.0. The van der Waals surface area contributed by atoms with Crippen LogP contribution in [0, 0.1) is 18.2 Å². The standard InChI is InChI=1S/C25H25FN4OS/c1-15-8-10-16(11-9-15)22-21-19(12-25(2,3)13-20(21)31)27-23-28-24(29-30(22)23)32-14-17-6-4-5-7-18(17)26/h4-11,22H,12-14H2,1-3H3,(H,27,28,29)/t22-/m0/s1. The van der Waals surface area contributed by atoms with Gasteiger partial charge in [-0.25, -0.2) is 9.07 Å². The summed E-state index contributed by atoms with van der Waals surface area (Å²) < 4.78 is 15.8. The van der Waals surface area contributed by atoms with Crippen LogP contribution in [0.4, 0.5) is 10.3 Å². The minimum absolute atomic E-state index is 0.106. The number of thioether (sulfide) groups is 1. The summed E-state index contributed by atoms with van der Waals surface area (Å²) in [5.74, 6) is 0.973. The summed E-state index contributed by atoms with van der Waals surface area (Å²) >= 11 is 1.39. The number of hydrogen-bond donors (Lipinski definition) is 1. The number of nitrogens with one attached hydrogen (secondary N) is 1. The molecule has 1 aliphatic carbocycles. The van der Waals surface area contributed by atoms with E-state index < -0.39 is 0 Å². The van der Waals surface area contributed by atoms with Crippen molar-refractivity contribution in [1.82, 2.24) is 14.8 Å². The van der Waals surface area contributed by atoms with E-state index >= 15 is 0 Å². The Kier molecular flexibility index (Phi) is 5.16. The molecule has 164 valence electrons. The minimum Gasteiger partial charge on any atom is -0.328 e. The van der Waals surface area contributed by atoms with E-state index in [1.165, 1.54) is 17.8 Å². The lowest BCUT2D eigenvalue weighted by molar-refractivity contribution is -0.118. The lowest BCUT2D eigenvalue weighted by atomic mass is 9.73. The van der Waals surface area contributed by atoms with Gasteiger partial charge in [-0.15, -0.1) is 5.10 Å². The number of aryl methyl sites for hydroxylation is 1. The average Bonchev–Trinajstić information content (AvgIpc) is 3.14. The highest BCUT2D eigenvalue weighted by Crippen LogP contribution is 2.45. The van der Waals surface area contributed by atoms with Crippen LogP contribution in [0.25, 0.3) is 0 Å². The molecule has 0 bridgehead atoms. The first kappa shape index (κ1) is 20.9. The number of nitrogens with zero attached hydrogens (tertiary/aromatic N) is 3. The fourth-order valence-corrected chi connectivity index (χ4v) is 5.28. The maximum absolute atomic E-state index is 14.0. The van der Waals surface area contributed by atoms with Gasteiger partial charge in [-0.1, -0.05) is 73.6 Å². The highest BCUT2D eigenvalue weighted by molar-refractivity contribution is 7.98. The van der Waals surface area contributed by atoms with Crippen molar-refractivity contribution >= 4 is 23.5 Å². The first-order valence-electron chi connectivity index (χ1n) is 10.7. The number of fused-ring (bicyclic) bond motifs is 1. The number of allylic oxidation sites excluding steroid dienone is 2. The molecule has 2 aliphatic rings. The Hall–Kier alpha value is -2.93. The smallest absolute Gasteiger partial charge is 0.227 e. The highest BCUT2D eigenvalue weighted by Gasteiger charge is 2.41. The molecule has 1 atom stereocenters. The Labute approximate surface area is 191 Å². The molecule has 5 nitrogen and oxygen atoms in total. The van der Waals surface area contributed by atoms with Crippen LogP contribution in [0.1, 0.15) is 49.4 Å².